The quantitative estimate of drug-likeness (QED) is 0.764. The summed E-state index contributed by atoms with van der Waals surface area (Å²) >= 11 is 5.88. The van der Waals surface area contributed by atoms with Crippen LogP contribution in [0.25, 0.3) is 10.9 Å². The van der Waals surface area contributed by atoms with Crippen molar-refractivity contribution in [1.82, 2.24) is 15.1 Å². The fourth-order valence-corrected chi connectivity index (χ4v) is 2.91. The highest BCUT2D eigenvalue weighted by Gasteiger charge is 2.18. The van der Waals surface area contributed by atoms with Crippen LogP contribution in [0.3, 0.4) is 0 Å². The van der Waals surface area contributed by atoms with E-state index in [-0.39, 0.29) is 11.9 Å². The number of nitrogens with zero attached hydrogens (tertiary/aromatic N) is 2. The number of para-hydroxylation sites is 1. The van der Waals surface area contributed by atoms with Crippen molar-refractivity contribution in [2.24, 2.45) is 0 Å². The van der Waals surface area contributed by atoms with Gasteiger partial charge in [-0.15, -0.1) is 0 Å². The minimum absolute atomic E-state index is 0.0304. The number of amides is 1. The maximum absolute atomic E-state index is 12.4. The van der Waals surface area contributed by atoms with Gasteiger partial charge in [0, 0.05) is 17.0 Å². The van der Waals surface area contributed by atoms with Gasteiger partial charge in [-0.2, -0.15) is 5.10 Å². The first kappa shape index (κ1) is 16.5. The fraction of sp³-hybridized carbons (Fsp3) is 0.263. The minimum Gasteiger partial charge on any atom is -0.354 e. The van der Waals surface area contributed by atoms with Crippen molar-refractivity contribution in [3.8, 4) is 0 Å². The third kappa shape index (κ3) is 3.44. The van der Waals surface area contributed by atoms with Crippen molar-refractivity contribution in [3.05, 3.63) is 64.8 Å². The summed E-state index contributed by atoms with van der Waals surface area (Å²) in [4.78, 5) is 12.4. The zero-order valence-corrected chi connectivity index (χ0v) is 14.5. The van der Waals surface area contributed by atoms with Gasteiger partial charge in [-0.1, -0.05) is 41.9 Å². The molecular formula is C19H20ClN3O. The fourth-order valence-electron chi connectivity index (χ4n) is 2.78. The van der Waals surface area contributed by atoms with Gasteiger partial charge in [0.2, 0.25) is 5.91 Å². The highest BCUT2D eigenvalue weighted by molar-refractivity contribution is 6.30. The van der Waals surface area contributed by atoms with E-state index in [9.17, 15) is 4.79 Å². The van der Waals surface area contributed by atoms with E-state index in [0.717, 1.165) is 33.6 Å². The minimum atomic E-state index is -0.353. The van der Waals surface area contributed by atoms with Crippen LogP contribution < -0.4 is 5.32 Å². The molecule has 0 spiro atoms. The van der Waals surface area contributed by atoms with Crippen molar-refractivity contribution in [2.45, 2.75) is 26.3 Å². The summed E-state index contributed by atoms with van der Waals surface area (Å²) in [6.07, 6.45) is 0.772. The third-order valence-electron chi connectivity index (χ3n) is 4.17. The number of rotatable bonds is 5. The molecule has 1 heterocycles. The van der Waals surface area contributed by atoms with Gasteiger partial charge in [-0.05, 0) is 44.0 Å². The number of nitrogens with one attached hydrogen (secondary N) is 1. The Morgan fingerprint density at radius 2 is 1.92 bits per heavy atom. The van der Waals surface area contributed by atoms with Crippen molar-refractivity contribution in [1.29, 1.82) is 0 Å². The zero-order chi connectivity index (χ0) is 17.1. The molecular weight excluding hydrogens is 322 g/mol. The lowest BCUT2D eigenvalue weighted by molar-refractivity contribution is -0.124. The van der Waals surface area contributed by atoms with E-state index in [1.54, 1.807) is 4.68 Å². The summed E-state index contributed by atoms with van der Waals surface area (Å²) in [5, 5.41) is 9.31. The second kappa shape index (κ2) is 7.05. The van der Waals surface area contributed by atoms with Crippen LogP contribution in [0.4, 0.5) is 0 Å². The summed E-state index contributed by atoms with van der Waals surface area (Å²) in [7, 11) is 0. The Hall–Kier alpha value is -2.33. The van der Waals surface area contributed by atoms with Gasteiger partial charge < -0.3 is 5.32 Å². The molecule has 5 heteroatoms. The van der Waals surface area contributed by atoms with Crippen LogP contribution in [0.15, 0.2) is 48.5 Å². The topological polar surface area (TPSA) is 46.9 Å². The number of benzene rings is 2. The summed E-state index contributed by atoms with van der Waals surface area (Å²) in [5.41, 5.74) is 3.06. The van der Waals surface area contributed by atoms with Crippen molar-refractivity contribution in [3.63, 3.8) is 0 Å². The molecule has 0 aliphatic rings. The molecule has 4 nitrogen and oxygen atoms in total. The van der Waals surface area contributed by atoms with Crippen LogP contribution in [0, 0.1) is 6.92 Å². The van der Waals surface area contributed by atoms with E-state index in [1.165, 1.54) is 0 Å². The van der Waals surface area contributed by atoms with Crippen LogP contribution >= 0.6 is 11.6 Å². The molecule has 24 heavy (non-hydrogen) atoms. The molecule has 1 aromatic heterocycles. The number of carbonyl (C=O) groups is 1. The Morgan fingerprint density at radius 1 is 1.21 bits per heavy atom. The number of fused-ring (bicyclic) bond motifs is 1. The molecule has 3 aromatic rings. The van der Waals surface area contributed by atoms with Gasteiger partial charge in [0.05, 0.1) is 11.2 Å². The standard InChI is InChI=1S/C19H20ClN3O/c1-13-17-5-3-4-6-18(17)23(22-13)14(2)19(24)21-12-11-15-7-9-16(20)10-8-15/h3-10,14H,11-12H2,1-2H3,(H,21,24). The number of aromatic nitrogens is 2. The molecule has 0 fully saturated rings. The Kier molecular flexibility index (Phi) is 4.86. The average molecular weight is 342 g/mol. The molecule has 0 saturated carbocycles. The summed E-state index contributed by atoms with van der Waals surface area (Å²) < 4.78 is 1.79. The summed E-state index contributed by atoms with van der Waals surface area (Å²) in [5.74, 6) is -0.0304. The molecule has 0 saturated heterocycles. The van der Waals surface area contributed by atoms with E-state index in [2.05, 4.69) is 10.4 Å². The number of hydrogen-bond acceptors (Lipinski definition) is 2. The highest BCUT2D eigenvalue weighted by atomic mass is 35.5. The third-order valence-corrected chi connectivity index (χ3v) is 4.42. The first-order valence-electron chi connectivity index (χ1n) is 8.02. The average Bonchev–Trinajstić information content (AvgIpc) is 2.93. The van der Waals surface area contributed by atoms with Gasteiger partial charge in [0.25, 0.3) is 0 Å². The van der Waals surface area contributed by atoms with E-state index in [0.29, 0.717) is 6.54 Å². The second-order valence-electron chi connectivity index (χ2n) is 5.89. The van der Waals surface area contributed by atoms with E-state index >= 15 is 0 Å². The van der Waals surface area contributed by atoms with Gasteiger partial charge in [-0.3, -0.25) is 9.48 Å². The summed E-state index contributed by atoms with van der Waals surface area (Å²) in [6.45, 7) is 4.42. The molecule has 1 amide bonds. The van der Waals surface area contributed by atoms with E-state index in [1.807, 2.05) is 62.4 Å². The Bertz CT molecular complexity index is 855. The van der Waals surface area contributed by atoms with E-state index < -0.39 is 0 Å². The van der Waals surface area contributed by atoms with Crippen LogP contribution in [-0.4, -0.2) is 22.2 Å². The second-order valence-corrected chi connectivity index (χ2v) is 6.33. The number of aryl methyl sites for hydroxylation is 1. The van der Waals surface area contributed by atoms with Crippen LogP contribution in [-0.2, 0) is 11.2 Å². The van der Waals surface area contributed by atoms with Crippen molar-refractivity contribution >= 4 is 28.4 Å². The predicted octanol–water partition coefficient (Wildman–Crippen LogP) is 3.92. The molecule has 1 N–H and O–H groups in total. The van der Waals surface area contributed by atoms with Gasteiger partial charge in [0.1, 0.15) is 6.04 Å². The molecule has 3 rings (SSSR count). The monoisotopic (exact) mass is 341 g/mol. The lowest BCUT2D eigenvalue weighted by atomic mass is 10.1. The lowest BCUT2D eigenvalue weighted by Crippen LogP contribution is -2.32. The Balaban J connectivity index is 1.65. The van der Waals surface area contributed by atoms with Gasteiger partial charge >= 0.3 is 0 Å². The van der Waals surface area contributed by atoms with Crippen LogP contribution in [0.5, 0.6) is 0 Å². The Morgan fingerprint density at radius 3 is 2.67 bits per heavy atom. The molecule has 0 aliphatic carbocycles. The summed E-state index contributed by atoms with van der Waals surface area (Å²) in [6, 6.07) is 15.3. The lowest BCUT2D eigenvalue weighted by Gasteiger charge is -2.14. The molecule has 1 unspecified atom stereocenters. The maximum atomic E-state index is 12.4. The Labute approximate surface area is 146 Å². The maximum Gasteiger partial charge on any atom is 0.244 e. The van der Waals surface area contributed by atoms with Crippen molar-refractivity contribution < 1.29 is 4.79 Å². The van der Waals surface area contributed by atoms with Gasteiger partial charge in [-0.25, -0.2) is 0 Å². The highest BCUT2D eigenvalue weighted by Crippen LogP contribution is 2.21. The molecule has 2 aromatic carbocycles. The van der Waals surface area contributed by atoms with E-state index in [4.69, 9.17) is 11.6 Å². The smallest absolute Gasteiger partial charge is 0.244 e. The number of hydrogen-bond donors (Lipinski definition) is 1. The first-order valence-corrected chi connectivity index (χ1v) is 8.40. The molecule has 0 aliphatic heterocycles. The largest absolute Gasteiger partial charge is 0.354 e. The van der Waals surface area contributed by atoms with Crippen LogP contribution in [0.1, 0.15) is 24.2 Å². The molecule has 0 radical (unpaired) electrons. The SMILES string of the molecule is Cc1nn(C(C)C(=O)NCCc2ccc(Cl)cc2)c2ccccc12. The van der Waals surface area contributed by atoms with Crippen LogP contribution in [0.2, 0.25) is 5.02 Å². The first-order chi connectivity index (χ1) is 11.6. The molecule has 124 valence electrons. The van der Waals surface area contributed by atoms with Gasteiger partial charge in [0.15, 0.2) is 0 Å². The normalized spacial score (nSPS) is 12.3. The van der Waals surface area contributed by atoms with Crippen molar-refractivity contribution in [2.75, 3.05) is 6.54 Å². The zero-order valence-electron chi connectivity index (χ0n) is 13.8. The molecule has 1 atom stereocenters. The number of halogens is 1. The number of carbonyl (C=O) groups excluding carboxylic acids is 1. The predicted molar refractivity (Wildman–Crippen MR) is 97.3 cm³/mol. The molecule has 0 bridgehead atoms.